The zero-order chi connectivity index (χ0) is 21.7. The molecular weight excluding hydrogens is 400 g/mol. The number of halogens is 1. The van der Waals surface area contributed by atoms with E-state index in [1.165, 1.54) is 4.90 Å². The Morgan fingerprint density at radius 1 is 1.34 bits per heavy atom. The quantitative estimate of drug-likeness (QED) is 0.465. The van der Waals surface area contributed by atoms with Crippen LogP contribution in [0.15, 0.2) is 41.1 Å². The summed E-state index contributed by atoms with van der Waals surface area (Å²) in [6.07, 6.45) is 1.60. The number of nitrogens with one attached hydrogen (secondary N) is 1. The Labute approximate surface area is 173 Å². The van der Waals surface area contributed by atoms with E-state index in [1.54, 1.807) is 38.4 Å². The molecule has 1 fully saturated rings. The van der Waals surface area contributed by atoms with Crippen molar-refractivity contribution in [2.75, 3.05) is 14.1 Å². The number of hydrogen-bond acceptors (Lipinski definition) is 5. The maximum absolute atomic E-state index is 12.3. The lowest BCUT2D eigenvalue weighted by Gasteiger charge is -2.49. The Bertz CT molecular complexity index is 827. The minimum atomic E-state index is -1.25. The maximum atomic E-state index is 12.3. The van der Waals surface area contributed by atoms with Gasteiger partial charge in [-0.3, -0.25) is 19.3 Å². The fourth-order valence-corrected chi connectivity index (χ4v) is 3.35. The average Bonchev–Trinajstić information content (AvgIpc) is 2.71. The highest BCUT2D eigenvalue weighted by molar-refractivity contribution is 6.32. The molecule has 9 nitrogen and oxygen atoms in total. The highest BCUT2D eigenvalue weighted by Crippen LogP contribution is 2.38. The molecular formula is C19H23ClN4O5. The molecule has 1 aromatic rings. The third kappa shape index (κ3) is 4.93. The van der Waals surface area contributed by atoms with Crippen LogP contribution in [0, 0.1) is 0 Å². The number of amides is 3. The number of nitrogens with two attached hydrogens (primary N) is 1. The van der Waals surface area contributed by atoms with Gasteiger partial charge in [0.2, 0.25) is 12.3 Å². The topological polar surface area (TPSA) is 133 Å². The second-order valence-corrected chi connectivity index (χ2v) is 7.27. The van der Waals surface area contributed by atoms with Crippen LogP contribution >= 0.6 is 11.6 Å². The van der Waals surface area contributed by atoms with Crippen LogP contribution in [0.25, 0.3) is 0 Å². The van der Waals surface area contributed by atoms with Crippen LogP contribution in [-0.4, -0.2) is 65.3 Å². The van der Waals surface area contributed by atoms with Gasteiger partial charge in [-0.25, -0.2) is 4.79 Å². The molecule has 0 aliphatic carbocycles. The van der Waals surface area contributed by atoms with Gasteiger partial charge in [-0.1, -0.05) is 41.9 Å². The van der Waals surface area contributed by atoms with Crippen LogP contribution in [0.5, 0.6) is 0 Å². The van der Waals surface area contributed by atoms with Crippen LogP contribution in [0.2, 0.25) is 0 Å². The van der Waals surface area contributed by atoms with Crippen molar-refractivity contribution in [1.82, 2.24) is 15.1 Å². The van der Waals surface area contributed by atoms with Gasteiger partial charge in [0.1, 0.15) is 17.8 Å². The summed E-state index contributed by atoms with van der Waals surface area (Å²) in [5.41, 5.74) is 6.35. The van der Waals surface area contributed by atoms with Gasteiger partial charge in [0.15, 0.2) is 0 Å². The minimum Gasteiger partial charge on any atom is -0.477 e. The molecule has 1 saturated heterocycles. The lowest BCUT2D eigenvalue weighted by Crippen LogP contribution is -2.72. The van der Waals surface area contributed by atoms with Gasteiger partial charge in [0, 0.05) is 19.1 Å². The van der Waals surface area contributed by atoms with Gasteiger partial charge >= 0.3 is 5.97 Å². The van der Waals surface area contributed by atoms with Gasteiger partial charge in [-0.15, -0.1) is 0 Å². The van der Waals surface area contributed by atoms with Crippen molar-refractivity contribution in [2.45, 2.75) is 31.0 Å². The standard InChI is InChI=1S/C16H16ClN3O4.C3H7NO/c17-9-6-7-10-12(15(22)20(10)13(9)16(23)24)19-14(21)11(18)8-4-2-1-3-5-8;1-4(2)3-5/h1-5,10-12H,6-7,18H2,(H,19,21)(H,23,24);3H,1-2H3/t10-,11-,12+;/m1./s1. The monoisotopic (exact) mass is 422 g/mol. The van der Waals surface area contributed by atoms with E-state index in [1.807, 2.05) is 6.07 Å². The van der Waals surface area contributed by atoms with Crippen molar-refractivity contribution in [2.24, 2.45) is 5.73 Å². The fourth-order valence-electron chi connectivity index (χ4n) is 3.07. The normalized spacial score (nSPS) is 21.1. The van der Waals surface area contributed by atoms with Gasteiger partial charge < -0.3 is 21.1 Å². The highest BCUT2D eigenvalue weighted by Gasteiger charge is 2.53. The smallest absolute Gasteiger partial charge is 0.353 e. The summed E-state index contributed by atoms with van der Waals surface area (Å²) in [6.45, 7) is 0. The molecule has 3 rings (SSSR count). The van der Waals surface area contributed by atoms with Crippen molar-refractivity contribution >= 4 is 35.8 Å². The molecule has 2 heterocycles. The van der Waals surface area contributed by atoms with E-state index in [2.05, 4.69) is 5.32 Å². The minimum absolute atomic E-state index is 0.151. The second-order valence-electron chi connectivity index (χ2n) is 6.82. The SMILES string of the molecule is CN(C)C=O.N[C@@H](C(=O)N[C@@H]1C(=O)N2C(C(=O)O)=C(Cl)CC[C@H]12)c1ccccc1. The number of carbonyl (C=O) groups is 4. The lowest BCUT2D eigenvalue weighted by molar-refractivity contribution is -0.156. The van der Waals surface area contributed by atoms with Crippen molar-refractivity contribution in [3.8, 4) is 0 Å². The van der Waals surface area contributed by atoms with E-state index < -0.39 is 35.9 Å². The van der Waals surface area contributed by atoms with Crippen molar-refractivity contribution in [3.05, 3.63) is 46.6 Å². The molecule has 10 heteroatoms. The Kier molecular flexibility index (Phi) is 7.35. The molecule has 29 heavy (non-hydrogen) atoms. The molecule has 4 N–H and O–H groups in total. The molecule has 3 atom stereocenters. The van der Waals surface area contributed by atoms with E-state index in [0.717, 1.165) is 11.3 Å². The van der Waals surface area contributed by atoms with E-state index >= 15 is 0 Å². The molecule has 156 valence electrons. The van der Waals surface area contributed by atoms with Gasteiger partial charge in [0.05, 0.1) is 6.04 Å². The van der Waals surface area contributed by atoms with Gasteiger partial charge in [-0.2, -0.15) is 0 Å². The summed E-state index contributed by atoms with van der Waals surface area (Å²) in [5.74, 6) is -2.20. The van der Waals surface area contributed by atoms with Crippen LogP contribution in [0.4, 0.5) is 0 Å². The number of fused-ring (bicyclic) bond motifs is 1. The fraction of sp³-hybridized carbons (Fsp3) is 0.368. The molecule has 0 aromatic heterocycles. The van der Waals surface area contributed by atoms with E-state index in [-0.39, 0.29) is 10.7 Å². The first-order chi connectivity index (χ1) is 13.7. The largest absolute Gasteiger partial charge is 0.477 e. The van der Waals surface area contributed by atoms with Gasteiger partial charge in [0.25, 0.3) is 5.91 Å². The number of rotatable bonds is 5. The van der Waals surface area contributed by atoms with Crippen LogP contribution in [0.3, 0.4) is 0 Å². The van der Waals surface area contributed by atoms with Crippen LogP contribution in [-0.2, 0) is 19.2 Å². The lowest BCUT2D eigenvalue weighted by atomic mass is 9.86. The first-order valence-corrected chi connectivity index (χ1v) is 9.24. The second kappa shape index (κ2) is 9.53. The van der Waals surface area contributed by atoms with Crippen LogP contribution in [0.1, 0.15) is 24.4 Å². The summed E-state index contributed by atoms with van der Waals surface area (Å²) in [7, 11) is 3.38. The van der Waals surface area contributed by atoms with Gasteiger partial charge in [-0.05, 0) is 18.4 Å². The number of carboxylic acid groups (broad SMARTS) is 1. The number of carboxylic acids is 1. The average molecular weight is 423 g/mol. The molecule has 0 bridgehead atoms. The zero-order valence-electron chi connectivity index (χ0n) is 16.0. The molecule has 2 aliphatic rings. The molecule has 2 aliphatic heterocycles. The molecule has 0 spiro atoms. The number of nitrogens with zero attached hydrogens (tertiary/aromatic N) is 2. The highest BCUT2D eigenvalue weighted by atomic mass is 35.5. The summed E-state index contributed by atoms with van der Waals surface area (Å²) in [4.78, 5) is 47.9. The van der Waals surface area contributed by atoms with Crippen molar-refractivity contribution in [1.29, 1.82) is 0 Å². The summed E-state index contributed by atoms with van der Waals surface area (Å²) < 4.78 is 0. The number of hydrogen-bond donors (Lipinski definition) is 3. The number of aliphatic carboxylic acids is 1. The van der Waals surface area contributed by atoms with E-state index in [0.29, 0.717) is 18.4 Å². The number of benzene rings is 1. The van der Waals surface area contributed by atoms with Crippen molar-refractivity contribution < 1.29 is 24.3 Å². The number of allylic oxidation sites excluding steroid dienone is 1. The molecule has 0 saturated carbocycles. The molecule has 0 unspecified atom stereocenters. The Morgan fingerprint density at radius 3 is 2.45 bits per heavy atom. The number of carbonyl (C=O) groups excluding carboxylic acids is 3. The summed E-state index contributed by atoms with van der Waals surface area (Å²) in [5, 5.41) is 12.0. The maximum Gasteiger partial charge on any atom is 0.353 e. The first kappa shape index (κ1) is 22.4. The van der Waals surface area contributed by atoms with Crippen molar-refractivity contribution in [3.63, 3.8) is 0 Å². The Morgan fingerprint density at radius 2 is 1.93 bits per heavy atom. The van der Waals surface area contributed by atoms with E-state index in [4.69, 9.17) is 17.3 Å². The number of β-lactam (4-membered cyclic amide) rings is 1. The molecule has 0 radical (unpaired) electrons. The first-order valence-electron chi connectivity index (χ1n) is 8.86. The summed E-state index contributed by atoms with van der Waals surface area (Å²) in [6, 6.07) is 6.74. The predicted octanol–water partition coefficient (Wildman–Crippen LogP) is 0.415. The van der Waals surface area contributed by atoms with Crippen LogP contribution < -0.4 is 11.1 Å². The van der Waals surface area contributed by atoms with E-state index in [9.17, 15) is 24.3 Å². The third-order valence-corrected chi connectivity index (χ3v) is 4.90. The Hall–Kier alpha value is -2.91. The third-order valence-electron chi connectivity index (χ3n) is 4.53. The molecule has 1 aromatic carbocycles. The summed E-state index contributed by atoms with van der Waals surface area (Å²) >= 11 is 5.92. The Balaban J connectivity index is 0.000000537. The zero-order valence-corrected chi connectivity index (χ0v) is 16.8. The predicted molar refractivity (Wildman–Crippen MR) is 105 cm³/mol. The molecule has 3 amide bonds.